The lowest BCUT2D eigenvalue weighted by atomic mass is 10.0. The minimum atomic E-state index is -2.95. The molecule has 1 fully saturated rings. The third-order valence-electron chi connectivity index (χ3n) is 4.99. The fourth-order valence-electron chi connectivity index (χ4n) is 3.46. The first kappa shape index (κ1) is 20.4. The molecule has 4 rings (SSSR count). The van der Waals surface area contributed by atoms with Crippen molar-refractivity contribution in [2.45, 2.75) is 31.7 Å². The maximum atomic E-state index is 14.5. The Morgan fingerprint density at radius 2 is 1.96 bits per heavy atom. The topological polar surface area (TPSA) is 69.7 Å². The predicted molar refractivity (Wildman–Crippen MR) is 107 cm³/mol. The first-order chi connectivity index (χ1) is 13.0. The normalized spacial score (nSPS) is 16.1. The van der Waals surface area contributed by atoms with E-state index in [9.17, 15) is 8.78 Å². The number of hydrogen-bond donors (Lipinski definition) is 2. The third kappa shape index (κ3) is 4.39. The molecule has 3 aromatic rings. The highest BCUT2D eigenvalue weighted by Gasteiger charge is 2.36. The Morgan fingerprint density at radius 3 is 2.68 bits per heavy atom. The Labute approximate surface area is 168 Å². The van der Waals surface area contributed by atoms with Gasteiger partial charge in [-0.25, -0.2) is 9.97 Å². The number of piperidine rings is 1. The van der Waals surface area contributed by atoms with Crippen LogP contribution in [0.15, 0.2) is 36.9 Å². The van der Waals surface area contributed by atoms with E-state index in [2.05, 4.69) is 25.3 Å². The van der Waals surface area contributed by atoms with E-state index in [-0.39, 0.29) is 30.7 Å². The van der Waals surface area contributed by atoms with Gasteiger partial charge in [0.05, 0.1) is 11.9 Å². The highest BCUT2D eigenvalue weighted by Crippen LogP contribution is 2.29. The second kappa shape index (κ2) is 8.36. The standard InChI is InChI=1S/C19H22F2N6.ClH/c1-13-2-3-16(23-10-13)19(20,21)11-27-8-5-14(6-9-27)26-18-15-4-7-22-17(15)24-12-25-18;/h2-4,7,10,12,14H,5-6,8-9,11H2,1H3,(H2,22,24,25,26);1H. The summed E-state index contributed by atoms with van der Waals surface area (Å²) in [6.07, 6.45) is 6.41. The van der Waals surface area contributed by atoms with E-state index in [1.807, 2.05) is 24.1 Å². The second-order valence-electron chi connectivity index (χ2n) is 7.08. The highest BCUT2D eigenvalue weighted by molar-refractivity contribution is 5.86. The zero-order valence-electron chi connectivity index (χ0n) is 15.5. The van der Waals surface area contributed by atoms with Crippen molar-refractivity contribution in [3.63, 3.8) is 0 Å². The molecule has 0 radical (unpaired) electrons. The number of rotatable bonds is 5. The predicted octanol–water partition coefficient (Wildman–Crippen LogP) is 3.75. The van der Waals surface area contributed by atoms with Gasteiger partial charge in [-0.2, -0.15) is 8.78 Å². The number of hydrogen-bond acceptors (Lipinski definition) is 5. The highest BCUT2D eigenvalue weighted by atomic mass is 35.5. The van der Waals surface area contributed by atoms with Gasteiger partial charge in [-0.1, -0.05) is 6.07 Å². The minimum absolute atomic E-state index is 0. The Balaban J connectivity index is 0.00000225. The second-order valence-corrected chi connectivity index (χ2v) is 7.08. The fourth-order valence-corrected chi connectivity index (χ4v) is 3.46. The molecule has 4 heterocycles. The minimum Gasteiger partial charge on any atom is -0.367 e. The van der Waals surface area contributed by atoms with Crippen LogP contribution >= 0.6 is 12.4 Å². The third-order valence-corrected chi connectivity index (χ3v) is 4.99. The Hall–Kier alpha value is -2.32. The maximum absolute atomic E-state index is 14.5. The van der Waals surface area contributed by atoms with Crippen molar-refractivity contribution in [2.24, 2.45) is 0 Å². The molecule has 0 saturated carbocycles. The van der Waals surface area contributed by atoms with Crippen LogP contribution in [0.2, 0.25) is 0 Å². The SMILES string of the molecule is Cc1ccc(C(F)(F)CN2CCC(Nc3ncnc4[nH]ccc34)CC2)nc1.Cl. The fraction of sp³-hybridized carbons (Fsp3) is 0.421. The number of fused-ring (bicyclic) bond motifs is 1. The van der Waals surface area contributed by atoms with Crippen LogP contribution in [-0.2, 0) is 5.92 Å². The number of aromatic nitrogens is 4. The number of likely N-dealkylation sites (tertiary alicyclic amines) is 1. The zero-order valence-corrected chi connectivity index (χ0v) is 16.3. The summed E-state index contributed by atoms with van der Waals surface area (Å²) in [6.45, 7) is 2.76. The van der Waals surface area contributed by atoms with Crippen molar-refractivity contribution in [3.05, 3.63) is 48.2 Å². The molecule has 9 heteroatoms. The van der Waals surface area contributed by atoms with E-state index < -0.39 is 5.92 Å². The molecule has 2 N–H and O–H groups in total. The number of anilines is 1. The quantitative estimate of drug-likeness (QED) is 0.672. The van der Waals surface area contributed by atoms with Crippen LogP contribution < -0.4 is 5.32 Å². The molecule has 0 bridgehead atoms. The summed E-state index contributed by atoms with van der Waals surface area (Å²) in [7, 11) is 0. The number of nitrogens with zero attached hydrogens (tertiary/aromatic N) is 4. The van der Waals surface area contributed by atoms with Gasteiger partial charge in [0, 0.05) is 31.5 Å². The number of alkyl halides is 2. The lowest BCUT2D eigenvalue weighted by Gasteiger charge is -2.34. The van der Waals surface area contributed by atoms with Crippen molar-refractivity contribution < 1.29 is 8.78 Å². The summed E-state index contributed by atoms with van der Waals surface area (Å²) in [4.78, 5) is 17.3. The summed E-state index contributed by atoms with van der Waals surface area (Å²) < 4.78 is 29.0. The van der Waals surface area contributed by atoms with Crippen LogP contribution in [0, 0.1) is 6.92 Å². The number of aryl methyl sites for hydroxylation is 1. The van der Waals surface area contributed by atoms with Gasteiger partial charge in [0.2, 0.25) is 0 Å². The van der Waals surface area contributed by atoms with E-state index in [1.54, 1.807) is 6.07 Å². The number of pyridine rings is 1. The maximum Gasteiger partial charge on any atom is 0.302 e. The molecule has 0 unspecified atom stereocenters. The van der Waals surface area contributed by atoms with E-state index in [0.29, 0.717) is 13.1 Å². The lowest BCUT2D eigenvalue weighted by molar-refractivity contribution is -0.0457. The summed E-state index contributed by atoms with van der Waals surface area (Å²) in [5.41, 5.74) is 1.50. The number of H-pyrrole nitrogens is 1. The van der Waals surface area contributed by atoms with Crippen LogP contribution in [0.4, 0.5) is 14.6 Å². The van der Waals surface area contributed by atoms with Gasteiger partial charge in [-0.3, -0.25) is 9.88 Å². The summed E-state index contributed by atoms with van der Waals surface area (Å²) in [5, 5.41) is 4.38. The molecule has 6 nitrogen and oxygen atoms in total. The van der Waals surface area contributed by atoms with E-state index >= 15 is 0 Å². The first-order valence-electron chi connectivity index (χ1n) is 9.09. The number of halogens is 3. The van der Waals surface area contributed by atoms with Crippen molar-refractivity contribution in [1.82, 2.24) is 24.8 Å². The largest absolute Gasteiger partial charge is 0.367 e. The lowest BCUT2D eigenvalue weighted by Crippen LogP contribution is -2.44. The van der Waals surface area contributed by atoms with Crippen molar-refractivity contribution in [2.75, 3.05) is 25.0 Å². The molecular formula is C19H23ClF2N6. The number of aromatic amines is 1. The van der Waals surface area contributed by atoms with Crippen LogP contribution in [0.3, 0.4) is 0 Å². The first-order valence-corrected chi connectivity index (χ1v) is 9.09. The van der Waals surface area contributed by atoms with Gasteiger partial charge in [-0.05, 0) is 37.5 Å². The average Bonchev–Trinajstić information content (AvgIpc) is 3.13. The van der Waals surface area contributed by atoms with Crippen LogP contribution in [0.5, 0.6) is 0 Å². The van der Waals surface area contributed by atoms with E-state index in [1.165, 1.54) is 18.6 Å². The zero-order chi connectivity index (χ0) is 18.9. The van der Waals surface area contributed by atoms with Gasteiger partial charge in [0.15, 0.2) is 0 Å². The Kier molecular flexibility index (Phi) is 6.10. The van der Waals surface area contributed by atoms with Crippen molar-refractivity contribution in [3.8, 4) is 0 Å². The molecule has 150 valence electrons. The van der Waals surface area contributed by atoms with Gasteiger partial charge < -0.3 is 10.3 Å². The molecule has 3 aromatic heterocycles. The summed E-state index contributed by atoms with van der Waals surface area (Å²) in [5.74, 6) is -2.16. The smallest absolute Gasteiger partial charge is 0.302 e. The monoisotopic (exact) mass is 408 g/mol. The van der Waals surface area contributed by atoms with Gasteiger partial charge in [-0.15, -0.1) is 12.4 Å². The van der Waals surface area contributed by atoms with Gasteiger partial charge in [0.25, 0.3) is 0 Å². The molecule has 1 aliphatic heterocycles. The average molecular weight is 409 g/mol. The molecule has 28 heavy (non-hydrogen) atoms. The molecule has 0 atom stereocenters. The van der Waals surface area contributed by atoms with Gasteiger partial charge in [0.1, 0.15) is 23.5 Å². The summed E-state index contributed by atoms with van der Waals surface area (Å²) in [6, 6.07) is 5.24. The molecule has 1 aliphatic rings. The van der Waals surface area contributed by atoms with Crippen LogP contribution in [0.1, 0.15) is 24.1 Å². The molecule has 1 saturated heterocycles. The Bertz CT molecular complexity index is 906. The molecule has 0 aliphatic carbocycles. The molecular weight excluding hydrogens is 386 g/mol. The molecule has 0 amide bonds. The molecule has 0 aromatic carbocycles. The van der Waals surface area contributed by atoms with Crippen molar-refractivity contribution in [1.29, 1.82) is 0 Å². The van der Waals surface area contributed by atoms with E-state index in [4.69, 9.17) is 0 Å². The summed E-state index contributed by atoms with van der Waals surface area (Å²) >= 11 is 0. The van der Waals surface area contributed by atoms with E-state index in [0.717, 1.165) is 35.3 Å². The van der Waals surface area contributed by atoms with Crippen LogP contribution in [0.25, 0.3) is 11.0 Å². The number of nitrogens with one attached hydrogen (secondary N) is 2. The Morgan fingerprint density at radius 1 is 1.18 bits per heavy atom. The molecule has 0 spiro atoms. The van der Waals surface area contributed by atoms with Gasteiger partial charge >= 0.3 is 5.92 Å². The van der Waals surface area contributed by atoms with Crippen molar-refractivity contribution >= 4 is 29.3 Å². The van der Waals surface area contributed by atoms with Crippen LogP contribution in [-0.4, -0.2) is 50.5 Å².